The van der Waals surface area contributed by atoms with Gasteiger partial charge in [0.15, 0.2) is 11.5 Å². The van der Waals surface area contributed by atoms with Crippen LogP contribution < -0.4 is 20.3 Å². The fourth-order valence-corrected chi connectivity index (χ4v) is 4.31. The van der Waals surface area contributed by atoms with Crippen LogP contribution in [0.2, 0.25) is 0 Å². The van der Waals surface area contributed by atoms with Crippen LogP contribution in [0.5, 0.6) is 11.5 Å². The van der Waals surface area contributed by atoms with Crippen LogP contribution in [-0.2, 0) is 11.2 Å². The zero-order valence-corrected chi connectivity index (χ0v) is 17.4. The minimum absolute atomic E-state index is 0.170. The Kier molecular flexibility index (Phi) is 6.81. The van der Waals surface area contributed by atoms with Crippen LogP contribution in [0.3, 0.4) is 0 Å². The van der Waals surface area contributed by atoms with E-state index in [0.717, 1.165) is 49.5 Å². The molecule has 0 spiro atoms. The van der Waals surface area contributed by atoms with Crippen LogP contribution in [0.25, 0.3) is 0 Å². The van der Waals surface area contributed by atoms with E-state index in [2.05, 4.69) is 15.8 Å². The van der Waals surface area contributed by atoms with E-state index in [1.807, 2.05) is 47.4 Å². The quantitative estimate of drug-likeness (QED) is 0.695. The van der Waals surface area contributed by atoms with Gasteiger partial charge in [-0.2, -0.15) is 0 Å². The number of rotatable bonds is 8. The van der Waals surface area contributed by atoms with Crippen molar-refractivity contribution in [1.82, 2.24) is 20.7 Å². The van der Waals surface area contributed by atoms with Crippen LogP contribution >= 0.6 is 0 Å². The molecule has 1 amide bonds. The standard InChI is InChI=1S/C23H30N4O3/c1-29-21-7-2-3-8-22(21)30-13-10-19-14-20(26-25-19)17-9-12-27(16-17)23(28)15-18-6-4-5-11-24-18/h2-8,11,17,19-20,25-26H,9-10,12-16H2,1H3. The molecule has 1 aromatic carbocycles. The van der Waals surface area contributed by atoms with E-state index >= 15 is 0 Å². The number of pyridine rings is 1. The second kappa shape index (κ2) is 9.91. The molecule has 1 aromatic heterocycles. The number of carbonyl (C=O) groups excluding carboxylic acids is 1. The lowest BCUT2D eigenvalue weighted by Crippen LogP contribution is -2.39. The molecule has 7 nitrogen and oxygen atoms in total. The van der Waals surface area contributed by atoms with Crippen LogP contribution in [-0.4, -0.2) is 54.7 Å². The molecule has 2 aliphatic rings. The van der Waals surface area contributed by atoms with Crippen molar-refractivity contribution < 1.29 is 14.3 Å². The zero-order chi connectivity index (χ0) is 20.8. The van der Waals surface area contributed by atoms with Crippen molar-refractivity contribution in [3.05, 3.63) is 54.4 Å². The number of aromatic nitrogens is 1. The summed E-state index contributed by atoms with van der Waals surface area (Å²) >= 11 is 0. The first-order valence-electron chi connectivity index (χ1n) is 10.7. The van der Waals surface area contributed by atoms with Gasteiger partial charge in [0.1, 0.15) is 0 Å². The molecule has 30 heavy (non-hydrogen) atoms. The summed E-state index contributed by atoms with van der Waals surface area (Å²) in [6.45, 7) is 2.28. The Balaban J connectivity index is 1.20. The molecule has 0 aliphatic carbocycles. The average Bonchev–Trinajstić information content (AvgIpc) is 3.45. The second-order valence-corrected chi connectivity index (χ2v) is 8.00. The van der Waals surface area contributed by atoms with Crippen molar-refractivity contribution in [3.63, 3.8) is 0 Å². The Labute approximate surface area is 177 Å². The third-order valence-corrected chi connectivity index (χ3v) is 6.01. The number of amides is 1. The van der Waals surface area contributed by atoms with Gasteiger partial charge in [-0.05, 0) is 49.4 Å². The molecule has 160 valence electrons. The Morgan fingerprint density at radius 3 is 2.80 bits per heavy atom. The molecule has 3 unspecified atom stereocenters. The number of para-hydroxylation sites is 2. The number of benzene rings is 1. The number of hydrogen-bond donors (Lipinski definition) is 2. The average molecular weight is 411 g/mol. The molecule has 2 fully saturated rings. The highest BCUT2D eigenvalue weighted by Crippen LogP contribution is 2.28. The van der Waals surface area contributed by atoms with Crippen LogP contribution in [0.4, 0.5) is 0 Å². The van der Waals surface area contributed by atoms with Gasteiger partial charge in [0.05, 0.1) is 20.1 Å². The lowest BCUT2D eigenvalue weighted by Gasteiger charge is -2.20. The molecule has 2 aromatic rings. The first kappa shape index (κ1) is 20.6. The van der Waals surface area contributed by atoms with Crippen molar-refractivity contribution in [2.24, 2.45) is 5.92 Å². The van der Waals surface area contributed by atoms with Gasteiger partial charge in [-0.15, -0.1) is 0 Å². The first-order valence-corrected chi connectivity index (χ1v) is 10.7. The van der Waals surface area contributed by atoms with Crippen LogP contribution in [0.1, 0.15) is 25.0 Å². The van der Waals surface area contributed by atoms with Gasteiger partial charge in [-0.25, -0.2) is 0 Å². The number of hydrazine groups is 1. The number of nitrogens with zero attached hydrogens (tertiary/aromatic N) is 2. The number of likely N-dealkylation sites (tertiary alicyclic amines) is 1. The molecule has 3 heterocycles. The maximum atomic E-state index is 12.6. The fourth-order valence-electron chi connectivity index (χ4n) is 4.31. The molecular weight excluding hydrogens is 380 g/mol. The van der Waals surface area contributed by atoms with Crippen LogP contribution in [0, 0.1) is 5.92 Å². The summed E-state index contributed by atoms with van der Waals surface area (Å²) in [6, 6.07) is 14.2. The summed E-state index contributed by atoms with van der Waals surface area (Å²) in [5.41, 5.74) is 7.69. The number of nitrogens with one attached hydrogen (secondary N) is 2. The molecule has 0 bridgehead atoms. The Morgan fingerprint density at radius 1 is 1.17 bits per heavy atom. The number of methoxy groups -OCH3 is 1. The molecule has 2 N–H and O–H groups in total. The van der Waals surface area contributed by atoms with Gasteiger partial charge in [-0.1, -0.05) is 18.2 Å². The van der Waals surface area contributed by atoms with Gasteiger partial charge >= 0.3 is 0 Å². The Bertz CT molecular complexity index is 832. The van der Waals surface area contributed by atoms with E-state index in [4.69, 9.17) is 9.47 Å². The van der Waals surface area contributed by atoms with Gasteiger partial charge in [0.25, 0.3) is 0 Å². The molecule has 3 atom stereocenters. The predicted octanol–water partition coefficient (Wildman–Crippen LogP) is 2.19. The number of carbonyl (C=O) groups is 1. The van der Waals surface area contributed by atoms with E-state index in [0.29, 0.717) is 31.0 Å². The minimum Gasteiger partial charge on any atom is -0.493 e. The normalized spacial score (nSPS) is 23.5. The Hall–Kier alpha value is -2.64. The Morgan fingerprint density at radius 2 is 2.00 bits per heavy atom. The van der Waals surface area contributed by atoms with E-state index < -0.39 is 0 Å². The lowest BCUT2D eigenvalue weighted by molar-refractivity contribution is -0.129. The van der Waals surface area contributed by atoms with Gasteiger partial charge < -0.3 is 14.4 Å². The minimum atomic E-state index is 0.170. The third-order valence-electron chi connectivity index (χ3n) is 6.01. The summed E-state index contributed by atoms with van der Waals surface area (Å²) in [7, 11) is 1.65. The van der Waals surface area contributed by atoms with E-state index in [1.165, 1.54) is 0 Å². The second-order valence-electron chi connectivity index (χ2n) is 8.00. The molecule has 0 radical (unpaired) electrons. The predicted molar refractivity (Wildman–Crippen MR) is 114 cm³/mol. The highest BCUT2D eigenvalue weighted by molar-refractivity contribution is 5.78. The van der Waals surface area contributed by atoms with Gasteiger partial charge in [0, 0.05) is 37.1 Å². The molecule has 4 rings (SSSR count). The van der Waals surface area contributed by atoms with Crippen molar-refractivity contribution in [3.8, 4) is 11.5 Å². The summed E-state index contributed by atoms with van der Waals surface area (Å²) in [4.78, 5) is 18.8. The van der Waals surface area contributed by atoms with E-state index in [9.17, 15) is 4.79 Å². The van der Waals surface area contributed by atoms with Crippen molar-refractivity contribution >= 4 is 5.91 Å². The molecule has 7 heteroatoms. The highest BCUT2D eigenvalue weighted by Gasteiger charge is 2.36. The smallest absolute Gasteiger partial charge is 0.228 e. The number of ether oxygens (including phenoxy) is 2. The summed E-state index contributed by atoms with van der Waals surface area (Å²) in [5.74, 6) is 2.18. The molecule has 2 aliphatic heterocycles. The lowest BCUT2D eigenvalue weighted by atomic mass is 9.94. The summed E-state index contributed by atoms with van der Waals surface area (Å²) in [5, 5.41) is 0. The first-order chi connectivity index (χ1) is 14.7. The van der Waals surface area contributed by atoms with Crippen molar-refractivity contribution in [1.29, 1.82) is 0 Å². The number of hydrogen-bond acceptors (Lipinski definition) is 6. The fraction of sp³-hybridized carbons (Fsp3) is 0.478. The summed E-state index contributed by atoms with van der Waals surface area (Å²) < 4.78 is 11.2. The van der Waals surface area contributed by atoms with Crippen molar-refractivity contribution in [2.45, 2.75) is 37.8 Å². The van der Waals surface area contributed by atoms with Gasteiger partial charge in [0.2, 0.25) is 5.91 Å². The molecule has 0 saturated carbocycles. The summed E-state index contributed by atoms with van der Waals surface area (Å²) in [6.07, 6.45) is 5.12. The molecule has 2 saturated heterocycles. The largest absolute Gasteiger partial charge is 0.493 e. The highest BCUT2D eigenvalue weighted by atomic mass is 16.5. The van der Waals surface area contributed by atoms with E-state index in [-0.39, 0.29) is 5.91 Å². The van der Waals surface area contributed by atoms with E-state index in [1.54, 1.807) is 13.3 Å². The topological polar surface area (TPSA) is 75.7 Å². The maximum absolute atomic E-state index is 12.6. The van der Waals surface area contributed by atoms with Crippen molar-refractivity contribution in [2.75, 3.05) is 26.8 Å². The van der Waals surface area contributed by atoms with Crippen LogP contribution in [0.15, 0.2) is 48.7 Å². The zero-order valence-electron chi connectivity index (χ0n) is 17.4. The monoisotopic (exact) mass is 410 g/mol. The third kappa shape index (κ3) is 5.09. The molecular formula is C23H30N4O3. The SMILES string of the molecule is COc1ccccc1OCCC1CC(C2CCN(C(=O)Cc3ccccn3)C2)NN1. The van der Waals surface area contributed by atoms with Gasteiger partial charge in [-0.3, -0.25) is 20.6 Å². The maximum Gasteiger partial charge on any atom is 0.228 e.